The first-order valence-corrected chi connectivity index (χ1v) is 4.57. The van der Waals surface area contributed by atoms with Gasteiger partial charge in [0.15, 0.2) is 0 Å². The number of fused-ring (bicyclic) bond motifs is 1. The van der Waals surface area contributed by atoms with E-state index >= 15 is 0 Å². The van der Waals surface area contributed by atoms with Crippen LogP contribution in [0.15, 0.2) is 36.8 Å². The van der Waals surface area contributed by atoms with Gasteiger partial charge in [0, 0.05) is 6.20 Å². The van der Waals surface area contributed by atoms with Crippen molar-refractivity contribution in [1.29, 1.82) is 0 Å². The first-order valence-electron chi connectivity index (χ1n) is 4.57. The molecule has 0 bridgehead atoms. The summed E-state index contributed by atoms with van der Waals surface area (Å²) in [6.45, 7) is 0. The molecular formula is C10H9N5. The molecule has 5 heteroatoms. The predicted molar refractivity (Wildman–Crippen MR) is 57.2 cm³/mol. The highest BCUT2D eigenvalue weighted by Gasteiger charge is 2.09. The van der Waals surface area contributed by atoms with Gasteiger partial charge in [-0.1, -0.05) is 6.07 Å². The first kappa shape index (κ1) is 8.05. The Bertz CT molecular complexity index is 607. The summed E-state index contributed by atoms with van der Waals surface area (Å²) in [5.41, 5.74) is 9.02. The van der Waals surface area contributed by atoms with Crippen molar-refractivity contribution in [3.8, 4) is 11.4 Å². The van der Waals surface area contributed by atoms with E-state index in [0.717, 1.165) is 17.0 Å². The lowest BCUT2D eigenvalue weighted by atomic mass is 10.3. The molecular weight excluding hydrogens is 190 g/mol. The molecule has 0 fully saturated rings. The van der Waals surface area contributed by atoms with Crippen LogP contribution in [0, 0.1) is 0 Å². The lowest BCUT2D eigenvalue weighted by Gasteiger charge is -1.98. The average Bonchev–Trinajstić information content (AvgIpc) is 2.83. The minimum atomic E-state index is 0.626. The number of nitrogens with one attached hydrogen (secondary N) is 1. The van der Waals surface area contributed by atoms with Gasteiger partial charge >= 0.3 is 0 Å². The molecule has 0 unspecified atom stereocenters. The fourth-order valence-electron chi connectivity index (χ4n) is 1.62. The van der Waals surface area contributed by atoms with Crippen molar-refractivity contribution in [2.75, 3.05) is 5.73 Å². The van der Waals surface area contributed by atoms with Crippen LogP contribution in [0.25, 0.3) is 17.0 Å². The molecule has 3 rings (SSSR count). The number of aromatic nitrogens is 4. The van der Waals surface area contributed by atoms with Gasteiger partial charge in [-0.05, 0) is 12.1 Å². The number of anilines is 1. The molecule has 5 nitrogen and oxygen atoms in total. The van der Waals surface area contributed by atoms with Gasteiger partial charge in [0.25, 0.3) is 0 Å². The van der Waals surface area contributed by atoms with Crippen molar-refractivity contribution in [3.05, 3.63) is 36.8 Å². The van der Waals surface area contributed by atoms with Crippen LogP contribution in [0.2, 0.25) is 0 Å². The summed E-state index contributed by atoms with van der Waals surface area (Å²) >= 11 is 0. The van der Waals surface area contributed by atoms with E-state index in [4.69, 9.17) is 5.73 Å². The molecule has 3 aromatic heterocycles. The van der Waals surface area contributed by atoms with Crippen LogP contribution in [0.3, 0.4) is 0 Å². The minimum absolute atomic E-state index is 0.626. The summed E-state index contributed by atoms with van der Waals surface area (Å²) in [6.07, 6.45) is 5.31. The maximum Gasteiger partial charge on any atom is 0.137 e. The van der Waals surface area contributed by atoms with E-state index < -0.39 is 0 Å². The number of rotatable bonds is 1. The normalized spacial score (nSPS) is 10.9. The third kappa shape index (κ3) is 1.10. The second kappa shape index (κ2) is 2.84. The maximum atomic E-state index is 5.79. The van der Waals surface area contributed by atoms with Crippen LogP contribution in [-0.4, -0.2) is 19.6 Å². The molecule has 0 aromatic carbocycles. The van der Waals surface area contributed by atoms with E-state index in [-0.39, 0.29) is 0 Å². The van der Waals surface area contributed by atoms with Gasteiger partial charge in [0.05, 0.1) is 23.8 Å². The highest BCUT2D eigenvalue weighted by Crippen LogP contribution is 2.23. The molecule has 0 saturated carbocycles. The third-order valence-electron chi connectivity index (χ3n) is 2.34. The molecule has 0 saturated heterocycles. The highest BCUT2D eigenvalue weighted by molar-refractivity contribution is 5.71. The number of hydrogen-bond acceptors (Lipinski definition) is 3. The Labute approximate surface area is 85.6 Å². The molecule has 0 spiro atoms. The average molecular weight is 199 g/mol. The Balaban J connectivity index is 2.32. The molecule has 0 aliphatic carbocycles. The number of nitrogens with two attached hydrogens (primary N) is 1. The topological polar surface area (TPSA) is 72.0 Å². The van der Waals surface area contributed by atoms with Crippen molar-refractivity contribution in [2.24, 2.45) is 0 Å². The van der Waals surface area contributed by atoms with E-state index in [1.165, 1.54) is 0 Å². The van der Waals surface area contributed by atoms with Gasteiger partial charge in [0.1, 0.15) is 11.3 Å². The lowest BCUT2D eigenvalue weighted by molar-refractivity contribution is 1.08. The zero-order valence-corrected chi connectivity index (χ0v) is 7.88. The number of imidazole rings is 1. The van der Waals surface area contributed by atoms with Gasteiger partial charge < -0.3 is 5.73 Å². The SMILES string of the molecule is Nc1cn[nH]c1-c1cnc2ccccn12. The van der Waals surface area contributed by atoms with Gasteiger partial charge in [-0.2, -0.15) is 5.10 Å². The van der Waals surface area contributed by atoms with Gasteiger partial charge in [0.2, 0.25) is 0 Å². The molecule has 0 atom stereocenters. The van der Waals surface area contributed by atoms with Crippen LogP contribution < -0.4 is 5.73 Å². The van der Waals surface area contributed by atoms with Crippen LogP contribution in [0.5, 0.6) is 0 Å². The molecule has 3 heterocycles. The van der Waals surface area contributed by atoms with E-state index in [1.807, 2.05) is 28.8 Å². The van der Waals surface area contributed by atoms with Crippen molar-refractivity contribution < 1.29 is 0 Å². The molecule has 0 aliphatic rings. The molecule has 3 aromatic rings. The lowest BCUT2D eigenvalue weighted by Crippen LogP contribution is -1.91. The second-order valence-corrected chi connectivity index (χ2v) is 3.27. The zero-order chi connectivity index (χ0) is 10.3. The Hall–Kier alpha value is -2.30. The van der Waals surface area contributed by atoms with Gasteiger partial charge in [-0.15, -0.1) is 0 Å². The molecule has 0 amide bonds. The molecule has 0 aliphatic heterocycles. The van der Waals surface area contributed by atoms with E-state index in [2.05, 4.69) is 15.2 Å². The predicted octanol–water partition coefficient (Wildman–Crippen LogP) is 1.31. The number of nitrogen functional groups attached to an aromatic ring is 1. The molecule has 0 radical (unpaired) electrons. The third-order valence-corrected chi connectivity index (χ3v) is 2.34. The zero-order valence-electron chi connectivity index (χ0n) is 7.88. The largest absolute Gasteiger partial charge is 0.396 e. The van der Waals surface area contributed by atoms with Crippen LogP contribution in [0.1, 0.15) is 0 Å². The van der Waals surface area contributed by atoms with Crippen molar-refractivity contribution >= 4 is 11.3 Å². The van der Waals surface area contributed by atoms with E-state index in [1.54, 1.807) is 12.4 Å². The number of hydrogen-bond donors (Lipinski definition) is 2. The van der Waals surface area contributed by atoms with E-state index in [9.17, 15) is 0 Å². The number of pyridine rings is 1. The van der Waals surface area contributed by atoms with E-state index in [0.29, 0.717) is 5.69 Å². The smallest absolute Gasteiger partial charge is 0.137 e. The number of nitrogens with zero attached hydrogens (tertiary/aromatic N) is 3. The van der Waals surface area contributed by atoms with Crippen molar-refractivity contribution in [1.82, 2.24) is 19.6 Å². The maximum absolute atomic E-state index is 5.79. The summed E-state index contributed by atoms with van der Waals surface area (Å²) in [5.74, 6) is 0. The van der Waals surface area contributed by atoms with Gasteiger partial charge in [-0.3, -0.25) is 9.50 Å². The van der Waals surface area contributed by atoms with Crippen molar-refractivity contribution in [2.45, 2.75) is 0 Å². The Morgan fingerprint density at radius 3 is 3.00 bits per heavy atom. The Kier molecular flexibility index (Phi) is 1.53. The fraction of sp³-hybridized carbons (Fsp3) is 0. The summed E-state index contributed by atoms with van der Waals surface area (Å²) in [4.78, 5) is 4.28. The summed E-state index contributed by atoms with van der Waals surface area (Å²) in [5, 5.41) is 6.76. The molecule has 15 heavy (non-hydrogen) atoms. The molecule has 74 valence electrons. The monoisotopic (exact) mass is 199 g/mol. The number of H-pyrrole nitrogens is 1. The van der Waals surface area contributed by atoms with Gasteiger partial charge in [-0.25, -0.2) is 4.98 Å². The highest BCUT2D eigenvalue weighted by atomic mass is 15.1. The first-order chi connectivity index (χ1) is 7.36. The Morgan fingerprint density at radius 2 is 2.20 bits per heavy atom. The standard InChI is InChI=1S/C10H9N5/c11-7-5-13-14-10(7)8-6-12-9-3-1-2-4-15(8)9/h1-6H,11H2,(H,13,14). The van der Waals surface area contributed by atoms with Crippen molar-refractivity contribution in [3.63, 3.8) is 0 Å². The van der Waals surface area contributed by atoms with Crippen LogP contribution in [0.4, 0.5) is 5.69 Å². The number of aromatic amines is 1. The summed E-state index contributed by atoms with van der Waals surface area (Å²) < 4.78 is 1.96. The molecule has 3 N–H and O–H groups in total. The van der Waals surface area contributed by atoms with Crippen LogP contribution in [-0.2, 0) is 0 Å². The minimum Gasteiger partial charge on any atom is -0.396 e. The summed E-state index contributed by atoms with van der Waals surface area (Å²) in [6, 6.07) is 5.84. The Morgan fingerprint density at radius 1 is 1.27 bits per heavy atom. The summed E-state index contributed by atoms with van der Waals surface area (Å²) in [7, 11) is 0. The van der Waals surface area contributed by atoms with Crippen LogP contribution >= 0.6 is 0 Å². The second-order valence-electron chi connectivity index (χ2n) is 3.27. The fourth-order valence-corrected chi connectivity index (χ4v) is 1.62. The quantitative estimate of drug-likeness (QED) is 0.620.